The van der Waals surface area contributed by atoms with E-state index in [1.165, 1.54) is 17.7 Å². The Kier molecular flexibility index (Phi) is 3.77. The second-order valence-electron chi connectivity index (χ2n) is 4.44. The molecule has 0 aliphatic carbocycles. The first-order valence-electron chi connectivity index (χ1n) is 5.80. The Hall–Kier alpha value is -0.670. The number of hydrogen-bond donors (Lipinski definition) is 1. The molecule has 88 valence electrons. The van der Waals surface area contributed by atoms with E-state index in [4.69, 9.17) is 10.5 Å². The molecule has 0 amide bonds. The molecule has 0 spiro atoms. The second kappa shape index (κ2) is 5.11. The largest absolute Gasteiger partial charge is 0.398 e. The number of thioether (sulfide) groups is 1. The summed E-state index contributed by atoms with van der Waals surface area (Å²) >= 11 is 1.81. The molecule has 1 aromatic carbocycles. The van der Waals surface area contributed by atoms with Crippen LogP contribution in [0.5, 0.6) is 0 Å². The summed E-state index contributed by atoms with van der Waals surface area (Å²) < 4.78 is 5.79. The summed E-state index contributed by atoms with van der Waals surface area (Å²) in [6, 6.07) is 6.20. The number of hydrogen-bond acceptors (Lipinski definition) is 3. The van der Waals surface area contributed by atoms with Crippen molar-refractivity contribution in [1.82, 2.24) is 0 Å². The number of anilines is 1. The van der Waals surface area contributed by atoms with Gasteiger partial charge in [-0.15, -0.1) is 11.8 Å². The van der Waals surface area contributed by atoms with Crippen molar-refractivity contribution in [1.29, 1.82) is 0 Å². The van der Waals surface area contributed by atoms with Gasteiger partial charge in [-0.05, 0) is 38.3 Å². The average molecular weight is 237 g/mol. The highest BCUT2D eigenvalue weighted by molar-refractivity contribution is 7.99. The van der Waals surface area contributed by atoms with Crippen molar-refractivity contribution in [2.45, 2.75) is 43.8 Å². The molecule has 2 N–H and O–H groups in total. The highest BCUT2D eigenvalue weighted by Crippen LogP contribution is 2.31. The smallest absolute Gasteiger partial charge is 0.0673 e. The Morgan fingerprint density at radius 1 is 1.44 bits per heavy atom. The summed E-state index contributed by atoms with van der Waals surface area (Å²) in [6.45, 7) is 4.19. The van der Waals surface area contributed by atoms with E-state index in [2.05, 4.69) is 19.1 Å². The van der Waals surface area contributed by atoms with Crippen LogP contribution in [0.25, 0.3) is 0 Å². The Bertz CT molecular complexity index is 367. The van der Waals surface area contributed by atoms with Crippen LogP contribution in [0.3, 0.4) is 0 Å². The van der Waals surface area contributed by atoms with Gasteiger partial charge < -0.3 is 10.5 Å². The molecular formula is C13H19NOS. The van der Waals surface area contributed by atoms with Gasteiger partial charge >= 0.3 is 0 Å². The quantitative estimate of drug-likeness (QED) is 0.647. The van der Waals surface area contributed by atoms with Gasteiger partial charge in [0.25, 0.3) is 0 Å². The van der Waals surface area contributed by atoms with E-state index in [1.807, 2.05) is 24.8 Å². The van der Waals surface area contributed by atoms with E-state index < -0.39 is 0 Å². The van der Waals surface area contributed by atoms with Gasteiger partial charge in [-0.25, -0.2) is 0 Å². The Morgan fingerprint density at radius 2 is 2.25 bits per heavy atom. The third-order valence-corrected chi connectivity index (χ3v) is 4.23. The molecule has 2 atom stereocenters. The van der Waals surface area contributed by atoms with Crippen LogP contribution in [0.2, 0.25) is 0 Å². The standard InChI is InChI=1S/C13H19NOS/c1-9-4-3-5-12(13(9)14)16-8-11-7-6-10(2)15-11/h3-5,10-11H,6-8,14H2,1-2H3. The molecule has 0 saturated carbocycles. The zero-order valence-electron chi connectivity index (χ0n) is 9.90. The van der Waals surface area contributed by atoms with Crippen molar-refractivity contribution in [2.24, 2.45) is 0 Å². The van der Waals surface area contributed by atoms with Gasteiger partial charge in [0.15, 0.2) is 0 Å². The highest BCUT2D eigenvalue weighted by atomic mass is 32.2. The van der Waals surface area contributed by atoms with Gasteiger partial charge in [-0.1, -0.05) is 12.1 Å². The van der Waals surface area contributed by atoms with E-state index in [-0.39, 0.29) is 0 Å². The fraction of sp³-hybridized carbons (Fsp3) is 0.538. The van der Waals surface area contributed by atoms with Gasteiger partial charge in [-0.2, -0.15) is 0 Å². The number of nitrogens with two attached hydrogens (primary N) is 1. The second-order valence-corrected chi connectivity index (χ2v) is 5.51. The predicted molar refractivity (Wildman–Crippen MR) is 69.9 cm³/mol. The first kappa shape index (κ1) is 11.8. The maximum Gasteiger partial charge on any atom is 0.0673 e. The SMILES string of the molecule is Cc1cccc(SCC2CCC(C)O2)c1N. The van der Waals surface area contributed by atoms with Crippen molar-refractivity contribution in [2.75, 3.05) is 11.5 Å². The van der Waals surface area contributed by atoms with Crippen molar-refractivity contribution < 1.29 is 4.74 Å². The van der Waals surface area contributed by atoms with Gasteiger partial charge in [-0.3, -0.25) is 0 Å². The van der Waals surface area contributed by atoms with Crippen LogP contribution in [-0.2, 0) is 4.74 Å². The number of para-hydroxylation sites is 1. The van der Waals surface area contributed by atoms with Crippen LogP contribution in [0.15, 0.2) is 23.1 Å². The molecular weight excluding hydrogens is 218 g/mol. The number of benzene rings is 1. The molecule has 2 unspecified atom stereocenters. The van der Waals surface area contributed by atoms with E-state index in [0.29, 0.717) is 12.2 Å². The number of ether oxygens (including phenoxy) is 1. The molecule has 1 aliphatic rings. The third kappa shape index (κ3) is 2.71. The fourth-order valence-corrected chi connectivity index (χ4v) is 3.07. The van der Waals surface area contributed by atoms with Crippen LogP contribution < -0.4 is 5.73 Å². The van der Waals surface area contributed by atoms with Crippen LogP contribution in [0, 0.1) is 6.92 Å². The molecule has 0 radical (unpaired) electrons. The first-order valence-corrected chi connectivity index (χ1v) is 6.78. The molecule has 1 aromatic rings. The molecule has 0 bridgehead atoms. The van der Waals surface area contributed by atoms with Gasteiger partial charge in [0.1, 0.15) is 0 Å². The molecule has 2 rings (SSSR count). The van der Waals surface area contributed by atoms with Crippen LogP contribution in [0.1, 0.15) is 25.3 Å². The zero-order valence-corrected chi connectivity index (χ0v) is 10.7. The maximum atomic E-state index is 6.03. The fourth-order valence-electron chi connectivity index (χ4n) is 1.97. The zero-order chi connectivity index (χ0) is 11.5. The summed E-state index contributed by atoms with van der Waals surface area (Å²) in [5.41, 5.74) is 8.11. The van der Waals surface area contributed by atoms with E-state index in [9.17, 15) is 0 Å². The normalized spacial score (nSPS) is 24.9. The summed E-state index contributed by atoms with van der Waals surface area (Å²) in [6.07, 6.45) is 3.20. The first-order chi connectivity index (χ1) is 7.66. The van der Waals surface area contributed by atoms with Gasteiger partial charge in [0.05, 0.1) is 12.2 Å². The Labute approximate surface area is 102 Å². The average Bonchev–Trinajstić information content (AvgIpc) is 2.67. The Balaban J connectivity index is 1.92. The lowest BCUT2D eigenvalue weighted by Gasteiger charge is -2.12. The van der Waals surface area contributed by atoms with E-state index in [0.717, 1.165) is 17.0 Å². The predicted octanol–water partition coefficient (Wildman–Crippen LogP) is 3.24. The minimum Gasteiger partial charge on any atom is -0.398 e. The summed E-state index contributed by atoms with van der Waals surface area (Å²) in [5.74, 6) is 1.01. The number of nitrogen functional groups attached to an aromatic ring is 1. The lowest BCUT2D eigenvalue weighted by molar-refractivity contribution is 0.0700. The maximum absolute atomic E-state index is 6.03. The minimum absolute atomic E-state index is 0.403. The van der Waals surface area contributed by atoms with Crippen LogP contribution in [0.4, 0.5) is 5.69 Å². The third-order valence-electron chi connectivity index (χ3n) is 3.03. The number of aryl methyl sites for hydroxylation is 1. The van der Waals surface area contributed by atoms with Crippen molar-refractivity contribution in [3.8, 4) is 0 Å². The lowest BCUT2D eigenvalue weighted by atomic mass is 10.2. The lowest BCUT2D eigenvalue weighted by Crippen LogP contribution is -2.11. The van der Waals surface area contributed by atoms with Crippen LogP contribution in [-0.4, -0.2) is 18.0 Å². The summed E-state index contributed by atoms with van der Waals surface area (Å²) in [4.78, 5) is 1.18. The van der Waals surface area contributed by atoms with E-state index >= 15 is 0 Å². The van der Waals surface area contributed by atoms with Crippen molar-refractivity contribution >= 4 is 17.4 Å². The summed E-state index contributed by atoms with van der Waals surface area (Å²) in [5, 5.41) is 0. The molecule has 1 heterocycles. The molecule has 1 aliphatic heterocycles. The molecule has 2 nitrogen and oxygen atoms in total. The van der Waals surface area contributed by atoms with Gasteiger partial charge in [0, 0.05) is 16.3 Å². The van der Waals surface area contributed by atoms with E-state index in [1.54, 1.807) is 0 Å². The molecule has 16 heavy (non-hydrogen) atoms. The molecule has 0 aromatic heterocycles. The summed E-state index contributed by atoms with van der Waals surface area (Å²) in [7, 11) is 0. The monoisotopic (exact) mass is 237 g/mol. The number of rotatable bonds is 3. The van der Waals surface area contributed by atoms with Crippen molar-refractivity contribution in [3.05, 3.63) is 23.8 Å². The molecule has 1 fully saturated rings. The molecule has 1 saturated heterocycles. The van der Waals surface area contributed by atoms with Crippen LogP contribution >= 0.6 is 11.8 Å². The van der Waals surface area contributed by atoms with Gasteiger partial charge in [0.2, 0.25) is 0 Å². The topological polar surface area (TPSA) is 35.2 Å². The molecule has 3 heteroatoms. The highest BCUT2D eigenvalue weighted by Gasteiger charge is 2.21. The minimum atomic E-state index is 0.403. The Morgan fingerprint density at radius 3 is 2.94 bits per heavy atom. The van der Waals surface area contributed by atoms with Crippen molar-refractivity contribution in [3.63, 3.8) is 0 Å².